The molecule has 0 saturated heterocycles. The predicted molar refractivity (Wildman–Crippen MR) is 83.0 cm³/mol. The Morgan fingerprint density at radius 1 is 1.20 bits per heavy atom. The molecule has 20 heavy (non-hydrogen) atoms. The molecular weight excluding hydrogens is 273 g/mol. The van der Waals surface area contributed by atoms with E-state index in [2.05, 4.69) is 6.58 Å². The summed E-state index contributed by atoms with van der Waals surface area (Å²) in [4.78, 5) is 1.93. The molecule has 4 heteroatoms. The number of nitrogens with two attached hydrogens (primary N) is 1. The summed E-state index contributed by atoms with van der Waals surface area (Å²) in [5.41, 5.74) is 6.76. The first-order chi connectivity index (χ1) is 9.60. The Hall–Kier alpha value is -2.33. The highest BCUT2D eigenvalue weighted by Crippen LogP contribution is 2.33. The van der Waals surface area contributed by atoms with Gasteiger partial charge in [-0.3, -0.25) is 0 Å². The highest BCUT2D eigenvalue weighted by Gasteiger charge is 2.06. The Kier molecular flexibility index (Phi) is 4.38. The van der Waals surface area contributed by atoms with Gasteiger partial charge in [0.05, 0.1) is 0 Å². The zero-order valence-corrected chi connectivity index (χ0v) is 11.5. The molecule has 1 heterocycles. The highest BCUT2D eigenvalue weighted by molar-refractivity contribution is 7.16. The number of benzene rings is 1. The van der Waals surface area contributed by atoms with Crippen LogP contribution in [0.5, 0.6) is 5.75 Å². The van der Waals surface area contributed by atoms with Crippen LogP contribution >= 0.6 is 11.3 Å². The fourth-order valence-electron chi connectivity index (χ4n) is 1.75. The largest absolute Gasteiger partial charge is 0.508 e. The van der Waals surface area contributed by atoms with Crippen molar-refractivity contribution < 1.29 is 9.50 Å². The van der Waals surface area contributed by atoms with Crippen LogP contribution < -0.4 is 5.73 Å². The fraction of sp³-hybridized carbons (Fsp3) is 0. The second-order valence-corrected chi connectivity index (χ2v) is 5.18. The molecule has 0 radical (unpaired) electrons. The van der Waals surface area contributed by atoms with Gasteiger partial charge in [-0.05, 0) is 53.6 Å². The van der Waals surface area contributed by atoms with E-state index in [1.54, 1.807) is 24.3 Å². The maximum absolute atomic E-state index is 12.9. The zero-order chi connectivity index (χ0) is 14.5. The molecule has 2 rings (SSSR count). The zero-order valence-electron chi connectivity index (χ0n) is 10.7. The van der Waals surface area contributed by atoms with Crippen LogP contribution in [-0.2, 0) is 0 Å². The summed E-state index contributed by atoms with van der Waals surface area (Å²) in [5, 5.41) is 9.29. The van der Waals surface area contributed by atoms with Crippen LogP contribution in [0, 0.1) is 0 Å². The molecule has 2 nitrogen and oxygen atoms in total. The lowest BCUT2D eigenvalue weighted by atomic mass is 10.1. The third-order valence-electron chi connectivity index (χ3n) is 2.63. The minimum Gasteiger partial charge on any atom is -0.508 e. The van der Waals surface area contributed by atoms with Crippen LogP contribution in [0.2, 0.25) is 0 Å². The van der Waals surface area contributed by atoms with Crippen LogP contribution in [0.25, 0.3) is 16.0 Å². The topological polar surface area (TPSA) is 46.2 Å². The summed E-state index contributed by atoms with van der Waals surface area (Å²) in [7, 11) is 0. The Morgan fingerprint density at radius 3 is 2.50 bits per heavy atom. The molecule has 0 aliphatic heterocycles. The smallest absolute Gasteiger partial charge is 0.185 e. The fourth-order valence-corrected chi connectivity index (χ4v) is 2.76. The minimum absolute atomic E-state index is 0.228. The molecule has 102 valence electrons. The van der Waals surface area contributed by atoms with Gasteiger partial charge in [0, 0.05) is 9.75 Å². The maximum atomic E-state index is 12.9. The van der Waals surface area contributed by atoms with Crippen molar-refractivity contribution >= 4 is 16.9 Å². The summed E-state index contributed by atoms with van der Waals surface area (Å²) in [6.45, 7) is 3.62. The highest BCUT2D eigenvalue weighted by atomic mass is 32.1. The van der Waals surface area contributed by atoms with Crippen molar-refractivity contribution in [3.8, 4) is 16.2 Å². The first kappa shape index (κ1) is 14.1. The Bertz CT molecular complexity index is 664. The molecule has 2 aromatic rings. The van der Waals surface area contributed by atoms with Crippen molar-refractivity contribution in [3.63, 3.8) is 0 Å². The Morgan fingerprint density at radius 2 is 1.90 bits per heavy atom. The van der Waals surface area contributed by atoms with Crippen LogP contribution in [0.3, 0.4) is 0 Å². The van der Waals surface area contributed by atoms with Gasteiger partial charge < -0.3 is 10.8 Å². The number of thiophene rings is 1. The molecule has 0 unspecified atom stereocenters. The number of phenolic OH excluding ortho intramolecular Hbond substituents is 1. The van der Waals surface area contributed by atoms with Crippen LogP contribution in [-0.4, -0.2) is 5.11 Å². The number of phenols is 1. The van der Waals surface area contributed by atoms with Gasteiger partial charge in [-0.25, -0.2) is 0 Å². The second kappa shape index (κ2) is 6.21. The second-order valence-electron chi connectivity index (χ2n) is 4.10. The number of hydrogen-bond donors (Lipinski definition) is 2. The van der Waals surface area contributed by atoms with Crippen LogP contribution in [0.1, 0.15) is 4.88 Å². The molecule has 3 N–H and O–H groups in total. The van der Waals surface area contributed by atoms with Gasteiger partial charge in [0.1, 0.15) is 5.75 Å². The number of allylic oxidation sites excluding steroid dienone is 4. The van der Waals surface area contributed by atoms with Crippen molar-refractivity contribution in [3.05, 3.63) is 72.0 Å². The number of hydrogen-bond acceptors (Lipinski definition) is 3. The monoisotopic (exact) mass is 287 g/mol. The number of aromatic hydroxyl groups is 1. The lowest BCUT2D eigenvalue weighted by Gasteiger charge is -1.99. The third kappa shape index (κ3) is 3.36. The average Bonchev–Trinajstić information content (AvgIpc) is 2.88. The lowest BCUT2D eigenvalue weighted by Crippen LogP contribution is -1.88. The van der Waals surface area contributed by atoms with Crippen molar-refractivity contribution in [2.75, 3.05) is 0 Å². The van der Waals surface area contributed by atoms with E-state index in [1.807, 2.05) is 24.3 Å². The quantitative estimate of drug-likeness (QED) is 0.644. The first-order valence-corrected chi connectivity index (χ1v) is 6.77. The summed E-state index contributed by atoms with van der Waals surface area (Å²) >= 11 is 1.52. The van der Waals surface area contributed by atoms with E-state index in [9.17, 15) is 9.50 Å². The molecule has 0 saturated carbocycles. The maximum Gasteiger partial charge on any atom is 0.185 e. The van der Waals surface area contributed by atoms with Gasteiger partial charge >= 0.3 is 0 Å². The standard InChI is InChI=1S/C16H14FNOS/c1-2-3-12(10-16(17)18)15-9-8-14(20-15)11-4-6-13(19)7-5-11/h2-10,19H,1,18H2/b12-3+,16-10-. The van der Waals surface area contributed by atoms with E-state index in [-0.39, 0.29) is 5.75 Å². The Labute approximate surface area is 121 Å². The third-order valence-corrected chi connectivity index (χ3v) is 3.82. The van der Waals surface area contributed by atoms with Gasteiger partial charge in [-0.15, -0.1) is 11.3 Å². The number of rotatable bonds is 4. The van der Waals surface area contributed by atoms with E-state index >= 15 is 0 Å². The van der Waals surface area contributed by atoms with E-state index < -0.39 is 5.95 Å². The summed E-state index contributed by atoms with van der Waals surface area (Å²) in [6, 6.07) is 10.8. The SMILES string of the molecule is C=C/C=C(\C=C(/N)F)c1ccc(-c2ccc(O)cc2)s1. The van der Waals surface area contributed by atoms with E-state index in [4.69, 9.17) is 5.73 Å². The molecule has 0 spiro atoms. The van der Waals surface area contributed by atoms with Crippen molar-refractivity contribution in [2.24, 2.45) is 5.73 Å². The predicted octanol–water partition coefficient (Wildman–Crippen LogP) is 4.46. The van der Waals surface area contributed by atoms with Gasteiger partial charge in [0.15, 0.2) is 5.95 Å². The van der Waals surface area contributed by atoms with Crippen molar-refractivity contribution in [1.29, 1.82) is 0 Å². The molecular formula is C16H14FNOS. The summed E-state index contributed by atoms with van der Waals surface area (Å²) in [6.07, 6.45) is 4.57. The van der Waals surface area contributed by atoms with E-state index in [1.165, 1.54) is 17.4 Å². The molecule has 0 atom stereocenters. The molecule has 0 aliphatic carbocycles. The van der Waals surface area contributed by atoms with E-state index in [0.717, 1.165) is 15.3 Å². The Balaban J connectivity index is 2.36. The minimum atomic E-state index is -0.738. The molecule has 0 aliphatic rings. The normalized spacial score (nSPS) is 12.4. The van der Waals surface area contributed by atoms with Gasteiger partial charge in [0.2, 0.25) is 0 Å². The average molecular weight is 287 g/mol. The van der Waals surface area contributed by atoms with Crippen molar-refractivity contribution in [2.45, 2.75) is 0 Å². The van der Waals surface area contributed by atoms with E-state index in [0.29, 0.717) is 5.57 Å². The van der Waals surface area contributed by atoms with Gasteiger partial charge in [-0.1, -0.05) is 18.7 Å². The summed E-state index contributed by atoms with van der Waals surface area (Å²) in [5.74, 6) is -0.511. The van der Waals surface area contributed by atoms with Gasteiger partial charge in [-0.2, -0.15) is 4.39 Å². The molecule has 0 amide bonds. The molecule has 1 aromatic carbocycles. The number of halogens is 1. The van der Waals surface area contributed by atoms with Crippen LogP contribution in [0.4, 0.5) is 4.39 Å². The van der Waals surface area contributed by atoms with Gasteiger partial charge in [0.25, 0.3) is 0 Å². The molecule has 0 fully saturated rings. The molecule has 0 bridgehead atoms. The molecule has 1 aromatic heterocycles. The lowest BCUT2D eigenvalue weighted by molar-refractivity contribution is 0.475. The first-order valence-electron chi connectivity index (χ1n) is 5.95. The van der Waals surface area contributed by atoms with Crippen LogP contribution in [0.15, 0.2) is 67.2 Å². The van der Waals surface area contributed by atoms with Crippen molar-refractivity contribution in [1.82, 2.24) is 0 Å². The summed E-state index contributed by atoms with van der Waals surface area (Å²) < 4.78 is 12.9.